The Labute approximate surface area is 174 Å². The Kier molecular flexibility index (Phi) is 7.12. The molecule has 2 aromatic rings. The average molecular weight is 416 g/mol. The van der Waals surface area contributed by atoms with Crippen LogP contribution in [0.1, 0.15) is 26.2 Å². The van der Waals surface area contributed by atoms with Gasteiger partial charge in [-0.1, -0.05) is 54.9 Å². The van der Waals surface area contributed by atoms with Gasteiger partial charge in [-0.3, -0.25) is 14.5 Å². The molecule has 0 saturated carbocycles. The summed E-state index contributed by atoms with van der Waals surface area (Å²) in [5, 5.41) is 3.62. The van der Waals surface area contributed by atoms with Crippen LogP contribution in [0.15, 0.2) is 59.6 Å². The molecule has 7 heteroatoms. The van der Waals surface area contributed by atoms with Crippen molar-refractivity contribution in [3.63, 3.8) is 0 Å². The van der Waals surface area contributed by atoms with E-state index in [0.29, 0.717) is 22.4 Å². The Hall–Kier alpha value is -2.31. The first kappa shape index (κ1) is 20.4. The molecule has 3 rings (SSSR count). The van der Waals surface area contributed by atoms with E-state index in [1.165, 1.54) is 11.8 Å². The smallest absolute Gasteiger partial charge is 0.242 e. The molecular formula is C21H22ClN3O2S. The molecule has 1 aliphatic rings. The summed E-state index contributed by atoms with van der Waals surface area (Å²) in [4.78, 5) is 31.6. The van der Waals surface area contributed by atoms with E-state index in [4.69, 9.17) is 11.6 Å². The maximum absolute atomic E-state index is 12.9. The van der Waals surface area contributed by atoms with Gasteiger partial charge in [0.05, 0.1) is 5.69 Å². The molecule has 0 radical (unpaired) electrons. The fourth-order valence-electron chi connectivity index (χ4n) is 2.77. The number of anilines is 1. The van der Waals surface area contributed by atoms with Crippen LogP contribution in [0.4, 0.5) is 11.4 Å². The quantitative estimate of drug-likeness (QED) is 0.684. The molecule has 1 heterocycles. The zero-order valence-corrected chi connectivity index (χ0v) is 17.2. The first-order valence-corrected chi connectivity index (χ1v) is 10.5. The highest BCUT2D eigenvalue weighted by Gasteiger charge is 2.38. The second kappa shape index (κ2) is 9.75. The van der Waals surface area contributed by atoms with Crippen LogP contribution in [0.5, 0.6) is 0 Å². The van der Waals surface area contributed by atoms with Gasteiger partial charge in [-0.2, -0.15) is 0 Å². The van der Waals surface area contributed by atoms with Crippen molar-refractivity contribution in [2.45, 2.75) is 31.4 Å². The molecule has 1 atom stereocenters. The summed E-state index contributed by atoms with van der Waals surface area (Å²) in [6.45, 7) is 2.70. The number of hydrogen-bond donors (Lipinski definition) is 1. The first-order chi connectivity index (χ1) is 13.6. The molecule has 146 valence electrons. The third-order valence-electron chi connectivity index (χ3n) is 4.24. The molecule has 1 fully saturated rings. The zero-order valence-electron chi connectivity index (χ0n) is 15.6. The van der Waals surface area contributed by atoms with E-state index in [-0.39, 0.29) is 18.2 Å². The van der Waals surface area contributed by atoms with E-state index < -0.39 is 5.25 Å². The summed E-state index contributed by atoms with van der Waals surface area (Å²) in [5.41, 5.74) is 1.46. The van der Waals surface area contributed by atoms with Crippen LogP contribution < -0.4 is 5.32 Å². The van der Waals surface area contributed by atoms with Crippen molar-refractivity contribution in [3.8, 4) is 0 Å². The van der Waals surface area contributed by atoms with Crippen LogP contribution >= 0.6 is 23.4 Å². The largest absolute Gasteiger partial charge is 0.326 e. The lowest BCUT2D eigenvalue weighted by atomic mass is 10.2. The number of thioether (sulfide) groups is 1. The average Bonchev–Trinajstić information content (AvgIpc) is 2.97. The van der Waals surface area contributed by atoms with Gasteiger partial charge >= 0.3 is 0 Å². The molecule has 2 aromatic carbocycles. The van der Waals surface area contributed by atoms with Gasteiger partial charge in [0.15, 0.2) is 5.17 Å². The van der Waals surface area contributed by atoms with E-state index in [0.717, 1.165) is 18.5 Å². The monoisotopic (exact) mass is 415 g/mol. The number of carbonyl (C=O) groups excluding carboxylic acids is 2. The molecule has 28 heavy (non-hydrogen) atoms. The number of benzene rings is 2. The van der Waals surface area contributed by atoms with Gasteiger partial charge in [-0.15, -0.1) is 0 Å². The molecule has 1 N–H and O–H groups in total. The van der Waals surface area contributed by atoms with Crippen LogP contribution in [0.3, 0.4) is 0 Å². The minimum absolute atomic E-state index is 0.0561. The van der Waals surface area contributed by atoms with Crippen molar-refractivity contribution >= 4 is 51.7 Å². The Morgan fingerprint density at radius 3 is 2.57 bits per heavy atom. The third kappa shape index (κ3) is 5.36. The van der Waals surface area contributed by atoms with E-state index in [9.17, 15) is 9.59 Å². The van der Waals surface area contributed by atoms with Crippen LogP contribution in [-0.2, 0) is 9.59 Å². The summed E-state index contributed by atoms with van der Waals surface area (Å²) in [6, 6.07) is 16.4. The second-order valence-electron chi connectivity index (χ2n) is 6.44. The molecule has 0 bridgehead atoms. The zero-order chi connectivity index (χ0) is 19.9. The van der Waals surface area contributed by atoms with E-state index >= 15 is 0 Å². The number of para-hydroxylation sites is 1. The molecule has 2 amide bonds. The molecule has 0 aromatic heterocycles. The highest BCUT2D eigenvalue weighted by Crippen LogP contribution is 2.32. The number of nitrogens with one attached hydrogen (secondary N) is 1. The molecule has 1 saturated heterocycles. The number of amides is 2. The number of hydrogen-bond acceptors (Lipinski definition) is 4. The third-order valence-corrected chi connectivity index (χ3v) is 5.66. The topological polar surface area (TPSA) is 61.8 Å². The lowest BCUT2D eigenvalue weighted by Crippen LogP contribution is -2.34. The summed E-state index contributed by atoms with van der Waals surface area (Å²) >= 11 is 7.22. The minimum atomic E-state index is -0.466. The maximum Gasteiger partial charge on any atom is 0.242 e. The number of nitrogens with zero attached hydrogens (tertiary/aromatic N) is 2. The van der Waals surface area contributed by atoms with Crippen LogP contribution in [0, 0.1) is 0 Å². The Bertz CT molecular complexity index is 856. The predicted octanol–water partition coefficient (Wildman–Crippen LogP) is 5.10. The van der Waals surface area contributed by atoms with Crippen LogP contribution in [0.2, 0.25) is 5.02 Å². The molecule has 0 unspecified atom stereocenters. The Morgan fingerprint density at radius 2 is 1.89 bits per heavy atom. The fraction of sp³-hybridized carbons (Fsp3) is 0.286. The van der Waals surface area contributed by atoms with E-state index in [1.54, 1.807) is 29.2 Å². The first-order valence-electron chi connectivity index (χ1n) is 9.24. The number of halogens is 1. The van der Waals surface area contributed by atoms with Gasteiger partial charge < -0.3 is 5.32 Å². The van der Waals surface area contributed by atoms with Gasteiger partial charge in [-0.05, 0) is 42.8 Å². The standard InChI is InChI=1S/C21H22ClN3O2S/c1-2-3-13-25-20(27)18(28-21(25)24-16-7-5-4-6-8-16)14-19(26)23-17-11-9-15(22)10-12-17/h4-12,18H,2-3,13-14H2,1H3,(H,23,26)/t18-/m0/s1. The highest BCUT2D eigenvalue weighted by atomic mass is 35.5. The predicted molar refractivity (Wildman–Crippen MR) is 116 cm³/mol. The molecule has 5 nitrogen and oxygen atoms in total. The Morgan fingerprint density at radius 1 is 1.18 bits per heavy atom. The SMILES string of the molecule is CCCCN1C(=O)[C@H](CC(=O)Nc2ccc(Cl)cc2)SC1=Nc1ccccc1. The number of rotatable bonds is 7. The lowest BCUT2D eigenvalue weighted by Gasteiger charge is -2.15. The number of carbonyl (C=O) groups is 2. The molecule has 1 aliphatic heterocycles. The van der Waals surface area contributed by atoms with E-state index in [1.807, 2.05) is 30.3 Å². The van der Waals surface area contributed by atoms with Gasteiger partial charge in [0.25, 0.3) is 0 Å². The lowest BCUT2D eigenvalue weighted by molar-refractivity contribution is -0.128. The van der Waals surface area contributed by atoms with Crippen molar-refractivity contribution in [2.75, 3.05) is 11.9 Å². The maximum atomic E-state index is 12.9. The summed E-state index contributed by atoms with van der Waals surface area (Å²) in [7, 11) is 0. The summed E-state index contributed by atoms with van der Waals surface area (Å²) in [6.07, 6.45) is 1.97. The fourth-order valence-corrected chi connectivity index (χ4v) is 4.08. The van der Waals surface area contributed by atoms with Crippen molar-refractivity contribution in [1.29, 1.82) is 0 Å². The van der Waals surface area contributed by atoms with Crippen LogP contribution in [0.25, 0.3) is 0 Å². The van der Waals surface area contributed by atoms with Crippen molar-refractivity contribution in [1.82, 2.24) is 4.90 Å². The molecular weight excluding hydrogens is 394 g/mol. The highest BCUT2D eigenvalue weighted by molar-refractivity contribution is 8.15. The molecule has 0 spiro atoms. The Balaban J connectivity index is 1.70. The van der Waals surface area contributed by atoms with Crippen molar-refractivity contribution < 1.29 is 9.59 Å². The molecule has 0 aliphatic carbocycles. The number of amidine groups is 1. The van der Waals surface area contributed by atoms with Crippen molar-refractivity contribution in [3.05, 3.63) is 59.6 Å². The van der Waals surface area contributed by atoms with E-state index in [2.05, 4.69) is 17.2 Å². The van der Waals surface area contributed by atoms with Crippen LogP contribution in [-0.4, -0.2) is 33.7 Å². The number of aliphatic imine (C=N–C) groups is 1. The number of unbranched alkanes of at least 4 members (excludes halogenated alkanes) is 1. The summed E-state index contributed by atoms with van der Waals surface area (Å²) < 4.78 is 0. The van der Waals surface area contributed by atoms with Gasteiger partial charge in [0, 0.05) is 23.7 Å². The normalized spacial score (nSPS) is 17.9. The van der Waals surface area contributed by atoms with Crippen molar-refractivity contribution in [2.24, 2.45) is 4.99 Å². The summed E-state index contributed by atoms with van der Waals surface area (Å²) in [5.74, 6) is -0.260. The second-order valence-corrected chi connectivity index (χ2v) is 8.05. The van der Waals surface area contributed by atoms with Gasteiger partial charge in [-0.25, -0.2) is 4.99 Å². The van der Waals surface area contributed by atoms with Gasteiger partial charge in [0.1, 0.15) is 5.25 Å². The van der Waals surface area contributed by atoms with Gasteiger partial charge in [0.2, 0.25) is 11.8 Å². The minimum Gasteiger partial charge on any atom is -0.326 e.